The van der Waals surface area contributed by atoms with E-state index < -0.39 is 10.0 Å². The zero-order valence-corrected chi connectivity index (χ0v) is 23.2. The van der Waals surface area contributed by atoms with Gasteiger partial charge in [-0.15, -0.1) is 0 Å². The van der Waals surface area contributed by atoms with Gasteiger partial charge in [0.25, 0.3) is 10.0 Å². The standard InChI is InChI=1S/C28H30N6O5S/c1-4-34-16-18(17-34)28(35)30-19-8-7-9-23(14-19)40(36,37)33-27-26(31-24-10-5-6-11-25(24)32-27)29-20-12-21(38-2)15-22(13-20)39-3/h5-15,18H,4,16-17H2,1-3H3,(H,29,31)(H,30,35)(H,32,33). The maximum Gasteiger partial charge on any atom is 0.263 e. The van der Waals surface area contributed by atoms with Crippen molar-refractivity contribution in [1.29, 1.82) is 0 Å². The van der Waals surface area contributed by atoms with Crippen LogP contribution in [0.1, 0.15) is 6.92 Å². The number of likely N-dealkylation sites (tertiary alicyclic amines) is 1. The first-order valence-electron chi connectivity index (χ1n) is 12.7. The van der Waals surface area contributed by atoms with Crippen molar-refractivity contribution in [3.8, 4) is 11.5 Å². The zero-order chi connectivity index (χ0) is 28.3. The lowest BCUT2D eigenvalue weighted by Gasteiger charge is -2.37. The fraction of sp³-hybridized carbons (Fsp3) is 0.250. The number of ether oxygens (including phenoxy) is 2. The molecule has 40 heavy (non-hydrogen) atoms. The number of methoxy groups -OCH3 is 2. The van der Waals surface area contributed by atoms with Crippen molar-refractivity contribution in [1.82, 2.24) is 14.9 Å². The summed E-state index contributed by atoms with van der Waals surface area (Å²) in [6.07, 6.45) is 0. The van der Waals surface area contributed by atoms with Gasteiger partial charge in [-0.3, -0.25) is 9.52 Å². The summed E-state index contributed by atoms with van der Waals surface area (Å²) < 4.78 is 40.3. The van der Waals surface area contributed by atoms with Crippen LogP contribution in [0.25, 0.3) is 11.0 Å². The summed E-state index contributed by atoms with van der Waals surface area (Å²) in [4.78, 5) is 23.9. The van der Waals surface area contributed by atoms with Crippen molar-refractivity contribution in [2.24, 2.45) is 5.92 Å². The third-order valence-electron chi connectivity index (χ3n) is 6.60. The van der Waals surface area contributed by atoms with Crippen LogP contribution in [-0.2, 0) is 14.8 Å². The van der Waals surface area contributed by atoms with Crippen molar-refractivity contribution in [2.45, 2.75) is 11.8 Å². The Morgan fingerprint density at radius 3 is 2.17 bits per heavy atom. The molecule has 1 fully saturated rings. The van der Waals surface area contributed by atoms with E-state index in [2.05, 4.69) is 30.2 Å². The van der Waals surface area contributed by atoms with Gasteiger partial charge in [0.05, 0.1) is 36.1 Å². The van der Waals surface area contributed by atoms with Crippen molar-refractivity contribution in [3.05, 3.63) is 66.7 Å². The second-order valence-electron chi connectivity index (χ2n) is 9.31. The molecule has 0 atom stereocenters. The molecule has 11 nitrogen and oxygen atoms in total. The Hall–Kier alpha value is -4.42. The van der Waals surface area contributed by atoms with Crippen LogP contribution in [0.3, 0.4) is 0 Å². The third-order valence-corrected chi connectivity index (χ3v) is 7.94. The number of nitrogens with one attached hydrogen (secondary N) is 3. The van der Waals surface area contributed by atoms with E-state index in [0.29, 0.717) is 47.0 Å². The average molecular weight is 563 g/mol. The largest absolute Gasteiger partial charge is 0.497 e. The maximum atomic E-state index is 13.5. The Kier molecular flexibility index (Phi) is 7.71. The summed E-state index contributed by atoms with van der Waals surface area (Å²) in [6.45, 7) is 4.32. The van der Waals surface area contributed by atoms with Gasteiger partial charge in [0.1, 0.15) is 11.5 Å². The van der Waals surface area contributed by atoms with E-state index in [9.17, 15) is 13.2 Å². The lowest BCUT2D eigenvalue weighted by atomic mass is 9.99. The van der Waals surface area contributed by atoms with E-state index in [1.807, 2.05) is 13.0 Å². The van der Waals surface area contributed by atoms with Crippen molar-refractivity contribution in [2.75, 3.05) is 49.2 Å². The number of carbonyl (C=O) groups is 1. The first kappa shape index (κ1) is 27.2. The minimum absolute atomic E-state index is 0.00375. The number of hydrogen-bond donors (Lipinski definition) is 3. The smallest absolute Gasteiger partial charge is 0.263 e. The molecule has 1 aromatic heterocycles. The number of anilines is 4. The Bertz CT molecular complexity index is 1630. The maximum absolute atomic E-state index is 13.5. The molecule has 0 aliphatic carbocycles. The number of sulfonamides is 1. The lowest BCUT2D eigenvalue weighted by molar-refractivity contribution is -0.124. The molecule has 3 aromatic carbocycles. The number of aromatic nitrogens is 2. The molecule has 0 bridgehead atoms. The first-order chi connectivity index (χ1) is 19.3. The molecular weight excluding hydrogens is 532 g/mol. The van der Waals surface area contributed by atoms with Gasteiger partial charge in [0.2, 0.25) is 5.91 Å². The number of nitrogens with zero attached hydrogens (tertiary/aromatic N) is 3. The van der Waals surface area contributed by atoms with E-state index >= 15 is 0 Å². The van der Waals surface area contributed by atoms with Crippen LogP contribution in [0.5, 0.6) is 11.5 Å². The van der Waals surface area contributed by atoms with Gasteiger partial charge in [-0.1, -0.05) is 25.1 Å². The van der Waals surface area contributed by atoms with Crippen LogP contribution in [0.15, 0.2) is 71.6 Å². The molecule has 12 heteroatoms. The van der Waals surface area contributed by atoms with Crippen LogP contribution in [-0.4, -0.2) is 63.0 Å². The number of benzene rings is 3. The van der Waals surface area contributed by atoms with Gasteiger partial charge >= 0.3 is 0 Å². The van der Waals surface area contributed by atoms with Crippen molar-refractivity contribution < 1.29 is 22.7 Å². The molecule has 1 amide bonds. The molecule has 1 aliphatic heterocycles. The topological polar surface area (TPSA) is 135 Å². The minimum Gasteiger partial charge on any atom is -0.497 e. The van der Waals surface area contributed by atoms with Gasteiger partial charge in [-0.25, -0.2) is 18.4 Å². The Balaban J connectivity index is 1.43. The Morgan fingerprint density at radius 2 is 1.55 bits per heavy atom. The number of fused-ring (bicyclic) bond motifs is 1. The van der Waals surface area contributed by atoms with Crippen LogP contribution < -0.4 is 24.8 Å². The van der Waals surface area contributed by atoms with Crippen LogP contribution in [0.2, 0.25) is 0 Å². The summed E-state index contributed by atoms with van der Waals surface area (Å²) in [5, 5.41) is 5.97. The molecule has 1 aliphatic rings. The zero-order valence-electron chi connectivity index (χ0n) is 22.3. The molecule has 0 radical (unpaired) electrons. The minimum atomic E-state index is -4.11. The predicted octanol–water partition coefficient (Wildman–Crippen LogP) is 4.08. The van der Waals surface area contributed by atoms with Crippen molar-refractivity contribution >= 4 is 50.0 Å². The van der Waals surface area contributed by atoms with E-state index in [1.54, 1.807) is 48.5 Å². The van der Waals surface area contributed by atoms with Crippen molar-refractivity contribution in [3.63, 3.8) is 0 Å². The molecule has 0 spiro atoms. The summed E-state index contributed by atoms with van der Waals surface area (Å²) in [5.41, 5.74) is 2.04. The van der Waals surface area contributed by atoms with Crippen LogP contribution in [0.4, 0.5) is 23.0 Å². The predicted molar refractivity (Wildman–Crippen MR) is 154 cm³/mol. The Morgan fingerprint density at radius 1 is 0.900 bits per heavy atom. The van der Waals surface area contributed by atoms with Crippen LogP contribution >= 0.6 is 0 Å². The highest BCUT2D eigenvalue weighted by Crippen LogP contribution is 2.31. The molecule has 2 heterocycles. The molecule has 3 N–H and O–H groups in total. The summed E-state index contributed by atoms with van der Waals surface area (Å²) >= 11 is 0. The highest BCUT2D eigenvalue weighted by Gasteiger charge is 2.31. The molecule has 1 saturated heterocycles. The van der Waals surface area contributed by atoms with E-state index in [-0.39, 0.29) is 28.4 Å². The summed E-state index contributed by atoms with van der Waals surface area (Å²) in [5.74, 6) is 1.03. The van der Waals surface area contributed by atoms with E-state index in [4.69, 9.17) is 9.47 Å². The number of para-hydroxylation sites is 2. The molecule has 208 valence electrons. The first-order valence-corrected chi connectivity index (χ1v) is 14.2. The van der Waals surface area contributed by atoms with E-state index in [1.165, 1.54) is 26.4 Å². The number of carbonyl (C=O) groups excluding carboxylic acids is 1. The number of amides is 1. The number of hydrogen-bond acceptors (Lipinski definition) is 9. The third kappa shape index (κ3) is 5.92. The van der Waals surface area contributed by atoms with Gasteiger partial charge < -0.3 is 25.0 Å². The monoisotopic (exact) mass is 562 g/mol. The quantitative estimate of drug-likeness (QED) is 0.261. The lowest BCUT2D eigenvalue weighted by Crippen LogP contribution is -2.51. The van der Waals surface area contributed by atoms with Gasteiger partial charge in [0.15, 0.2) is 11.6 Å². The van der Waals surface area contributed by atoms with Crippen LogP contribution in [0, 0.1) is 5.92 Å². The molecule has 5 rings (SSSR count). The van der Waals surface area contributed by atoms with Gasteiger partial charge in [-0.05, 0) is 36.9 Å². The summed E-state index contributed by atoms with van der Waals surface area (Å²) in [6, 6.07) is 18.4. The second kappa shape index (κ2) is 11.4. The fourth-order valence-corrected chi connectivity index (χ4v) is 5.39. The fourth-order valence-electron chi connectivity index (χ4n) is 4.34. The average Bonchev–Trinajstić information content (AvgIpc) is 2.92. The molecular formula is C28H30N6O5S. The molecule has 4 aromatic rings. The Labute approximate surface area is 232 Å². The summed E-state index contributed by atoms with van der Waals surface area (Å²) in [7, 11) is -1.03. The second-order valence-corrected chi connectivity index (χ2v) is 11.0. The molecule has 0 saturated carbocycles. The highest BCUT2D eigenvalue weighted by atomic mass is 32.2. The SMILES string of the molecule is CCN1CC(C(=O)Nc2cccc(S(=O)(=O)Nc3nc4ccccc4nc3Nc3cc(OC)cc(OC)c3)c2)C1. The number of rotatable bonds is 10. The van der Waals surface area contributed by atoms with Gasteiger partial charge in [0, 0.05) is 42.7 Å². The molecule has 0 unspecified atom stereocenters. The van der Waals surface area contributed by atoms with Gasteiger partial charge in [-0.2, -0.15) is 0 Å². The highest BCUT2D eigenvalue weighted by molar-refractivity contribution is 7.92. The normalized spacial score (nSPS) is 13.9. The van der Waals surface area contributed by atoms with E-state index in [0.717, 1.165) is 6.54 Å².